The lowest BCUT2D eigenvalue weighted by molar-refractivity contribution is -0.122. The lowest BCUT2D eigenvalue weighted by atomic mass is 9.47. The summed E-state index contributed by atoms with van der Waals surface area (Å²) >= 11 is 5.89. The maximum Gasteiger partial charge on any atom is 0.255 e. The van der Waals surface area contributed by atoms with Crippen LogP contribution in [0.25, 0.3) is 0 Å². The van der Waals surface area contributed by atoms with Crippen LogP contribution in [0.4, 0.5) is 5.69 Å². The van der Waals surface area contributed by atoms with E-state index in [1.165, 1.54) is 38.5 Å². The van der Waals surface area contributed by atoms with Crippen molar-refractivity contribution in [3.05, 3.63) is 64.7 Å². The van der Waals surface area contributed by atoms with E-state index in [0.29, 0.717) is 16.3 Å². The van der Waals surface area contributed by atoms with E-state index in [1.54, 1.807) is 24.3 Å². The number of hydrogen-bond acceptors (Lipinski definition) is 2. The summed E-state index contributed by atoms with van der Waals surface area (Å²) in [5.74, 6) is 2.28. The molecule has 28 heavy (non-hydrogen) atoms. The van der Waals surface area contributed by atoms with Gasteiger partial charge in [0.15, 0.2) is 0 Å². The molecule has 4 saturated carbocycles. The molecule has 0 aliphatic heterocycles. The summed E-state index contributed by atoms with van der Waals surface area (Å²) in [5.41, 5.74) is 2.32. The molecule has 4 aliphatic rings. The first kappa shape index (κ1) is 18.2. The van der Waals surface area contributed by atoms with Crippen LogP contribution in [-0.2, 0) is 0 Å². The fraction of sp³-hybridized carbons (Fsp3) is 0.458. The Balaban J connectivity index is 1.31. The van der Waals surface area contributed by atoms with Crippen LogP contribution in [0, 0.1) is 23.2 Å². The summed E-state index contributed by atoms with van der Waals surface area (Å²) in [5, 5.41) is 14.8. The molecule has 146 valence electrons. The number of aliphatic hydroxyl groups excluding tert-OH is 1. The van der Waals surface area contributed by atoms with Crippen molar-refractivity contribution in [2.75, 3.05) is 5.32 Å². The summed E-state index contributed by atoms with van der Waals surface area (Å²) < 4.78 is 0. The molecule has 0 saturated heterocycles. The van der Waals surface area contributed by atoms with Gasteiger partial charge in [-0.3, -0.25) is 4.79 Å². The molecule has 1 amide bonds. The van der Waals surface area contributed by atoms with Gasteiger partial charge in [-0.1, -0.05) is 23.7 Å². The zero-order valence-electron chi connectivity index (χ0n) is 15.9. The standard InChI is InChI=1S/C24H26ClNO2/c25-20-5-7-21(8-6-20)26-23(28)19-3-1-18(2-4-19)22(27)24-12-15-9-16(13-24)11-17(10-15)14-24/h1-8,15-17,22,27H,9-14H2,(H,26,28). The zero-order valence-corrected chi connectivity index (χ0v) is 16.7. The van der Waals surface area contributed by atoms with Crippen molar-refractivity contribution in [1.29, 1.82) is 0 Å². The minimum Gasteiger partial charge on any atom is -0.388 e. The van der Waals surface area contributed by atoms with Gasteiger partial charge in [0.25, 0.3) is 5.91 Å². The summed E-state index contributed by atoms with van der Waals surface area (Å²) in [6, 6.07) is 14.6. The topological polar surface area (TPSA) is 49.3 Å². The number of hydrogen-bond donors (Lipinski definition) is 2. The van der Waals surface area contributed by atoms with E-state index in [2.05, 4.69) is 5.32 Å². The Morgan fingerprint density at radius 1 is 0.929 bits per heavy atom. The fourth-order valence-electron chi connectivity index (χ4n) is 6.42. The van der Waals surface area contributed by atoms with Gasteiger partial charge >= 0.3 is 0 Å². The maximum absolute atomic E-state index is 12.5. The summed E-state index contributed by atoms with van der Waals surface area (Å²) in [4.78, 5) is 12.5. The molecular formula is C24H26ClNO2. The Hall–Kier alpha value is -1.84. The molecule has 1 unspecified atom stereocenters. The summed E-state index contributed by atoms with van der Waals surface area (Å²) in [6.07, 6.45) is 7.19. The fourth-order valence-corrected chi connectivity index (χ4v) is 6.55. The number of amides is 1. The molecule has 4 aliphatic carbocycles. The van der Waals surface area contributed by atoms with E-state index in [9.17, 15) is 9.90 Å². The molecule has 4 heteroatoms. The third kappa shape index (κ3) is 3.25. The Morgan fingerprint density at radius 2 is 1.46 bits per heavy atom. The Kier molecular flexibility index (Phi) is 4.48. The van der Waals surface area contributed by atoms with Crippen LogP contribution in [0.1, 0.15) is 60.6 Å². The third-order valence-electron chi connectivity index (χ3n) is 7.26. The molecule has 0 radical (unpaired) electrons. The van der Waals surface area contributed by atoms with Crippen molar-refractivity contribution in [3.8, 4) is 0 Å². The minimum absolute atomic E-state index is 0.0574. The lowest BCUT2D eigenvalue weighted by Gasteiger charge is -2.58. The highest BCUT2D eigenvalue weighted by Gasteiger charge is 2.54. The van der Waals surface area contributed by atoms with E-state index >= 15 is 0 Å². The van der Waals surface area contributed by atoms with Gasteiger partial charge in [-0.25, -0.2) is 0 Å². The zero-order chi connectivity index (χ0) is 19.3. The molecule has 2 N–H and O–H groups in total. The van der Waals surface area contributed by atoms with E-state index in [0.717, 1.165) is 23.3 Å². The quantitative estimate of drug-likeness (QED) is 0.682. The molecule has 3 nitrogen and oxygen atoms in total. The van der Waals surface area contributed by atoms with Crippen LogP contribution < -0.4 is 5.32 Å². The molecule has 2 aromatic carbocycles. The lowest BCUT2D eigenvalue weighted by Crippen LogP contribution is -2.48. The first-order chi connectivity index (χ1) is 13.5. The van der Waals surface area contributed by atoms with Gasteiger partial charge in [0, 0.05) is 21.7 Å². The number of carbonyl (C=O) groups is 1. The summed E-state index contributed by atoms with van der Waals surface area (Å²) in [6.45, 7) is 0. The minimum atomic E-state index is -0.422. The van der Waals surface area contributed by atoms with Crippen LogP contribution in [-0.4, -0.2) is 11.0 Å². The van der Waals surface area contributed by atoms with Gasteiger partial charge in [0.05, 0.1) is 6.10 Å². The van der Waals surface area contributed by atoms with Crippen molar-refractivity contribution in [3.63, 3.8) is 0 Å². The first-order valence-electron chi connectivity index (χ1n) is 10.4. The second-order valence-electron chi connectivity index (χ2n) is 9.27. The smallest absolute Gasteiger partial charge is 0.255 e. The molecule has 0 spiro atoms. The van der Waals surface area contributed by atoms with Crippen molar-refractivity contribution in [2.24, 2.45) is 23.2 Å². The second kappa shape index (κ2) is 6.89. The average Bonchev–Trinajstić information content (AvgIpc) is 2.68. The maximum atomic E-state index is 12.5. The van der Waals surface area contributed by atoms with Crippen molar-refractivity contribution in [2.45, 2.75) is 44.6 Å². The number of nitrogens with one attached hydrogen (secondary N) is 1. The monoisotopic (exact) mass is 395 g/mol. The highest BCUT2D eigenvalue weighted by Crippen LogP contribution is 2.64. The van der Waals surface area contributed by atoms with Gasteiger partial charge in [-0.2, -0.15) is 0 Å². The molecule has 4 bridgehead atoms. The van der Waals surface area contributed by atoms with Gasteiger partial charge < -0.3 is 10.4 Å². The van der Waals surface area contributed by atoms with E-state index in [4.69, 9.17) is 11.6 Å². The second-order valence-corrected chi connectivity index (χ2v) is 9.70. The Morgan fingerprint density at radius 3 is 2.00 bits per heavy atom. The number of aliphatic hydroxyl groups is 1. The molecule has 0 heterocycles. The molecule has 1 atom stereocenters. The number of anilines is 1. The van der Waals surface area contributed by atoms with E-state index < -0.39 is 6.10 Å². The van der Waals surface area contributed by atoms with E-state index in [1.807, 2.05) is 24.3 Å². The van der Waals surface area contributed by atoms with Crippen LogP contribution in [0.15, 0.2) is 48.5 Å². The number of rotatable bonds is 4. The predicted molar refractivity (Wildman–Crippen MR) is 111 cm³/mol. The number of halogens is 1. The molecule has 0 aromatic heterocycles. The predicted octanol–water partition coefficient (Wildman–Crippen LogP) is 5.84. The third-order valence-corrected chi connectivity index (χ3v) is 7.51. The molecular weight excluding hydrogens is 370 g/mol. The SMILES string of the molecule is O=C(Nc1ccc(Cl)cc1)c1ccc(C(O)C23CC4CC(CC(C4)C2)C3)cc1. The van der Waals surface area contributed by atoms with Gasteiger partial charge in [0.1, 0.15) is 0 Å². The van der Waals surface area contributed by atoms with Gasteiger partial charge in [-0.15, -0.1) is 0 Å². The normalized spacial score (nSPS) is 31.6. The van der Waals surface area contributed by atoms with Crippen molar-refractivity contribution < 1.29 is 9.90 Å². The highest BCUT2D eigenvalue weighted by atomic mass is 35.5. The van der Waals surface area contributed by atoms with Gasteiger partial charge in [0.2, 0.25) is 0 Å². The van der Waals surface area contributed by atoms with Crippen LogP contribution >= 0.6 is 11.6 Å². The molecule has 6 rings (SSSR count). The van der Waals surface area contributed by atoms with Crippen molar-refractivity contribution in [1.82, 2.24) is 0 Å². The number of carbonyl (C=O) groups excluding carboxylic acids is 1. The van der Waals surface area contributed by atoms with Crippen molar-refractivity contribution >= 4 is 23.2 Å². The average molecular weight is 396 g/mol. The van der Waals surface area contributed by atoms with Crippen LogP contribution in [0.5, 0.6) is 0 Å². The summed E-state index contributed by atoms with van der Waals surface area (Å²) in [7, 11) is 0. The first-order valence-corrected chi connectivity index (χ1v) is 10.7. The van der Waals surface area contributed by atoms with Crippen LogP contribution in [0.3, 0.4) is 0 Å². The largest absolute Gasteiger partial charge is 0.388 e. The van der Waals surface area contributed by atoms with E-state index in [-0.39, 0.29) is 11.3 Å². The Bertz CT molecular complexity index is 839. The van der Waals surface area contributed by atoms with Gasteiger partial charge in [-0.05, 0) is 98.2 Å². The Labute approximate surface area is 171 Å². The molecule has 4 fully saturated rings. The van der Waals surface area contributed by atoms with Crippen LogP contribution in [0.2, 0.25) is 5.02 Å². The molecule has 2 aromatic rings. The highest BCUT2D eigenvalue weighted by molar-refractivity contribution is 6.30. The number of benzene rings is 2.